The highest BCUT2D eigenvalue weighted by Crippen LogP contribution is 2.28. The maximum absolute atomic E-state index is 12.3. The Morgan fingerprint density at radius 3 is 2.47 bits per heavy atom. The third-order valence-electron chi connectivity index (χ3n) is 4.05. The van der Waals surface area contributed by atoms with E-state index < -0.39 is 5.91 Å². The number of benzene rings is 2. The van der Waals surface area contributed by atoms with E-state index in [2.05, 4.69) is 10.5 Å². The summed E-state index contributed by atoms with van der Waals surface area (Å²) in [5, 5.41) is 4.00. The molecule has 0 atom stereocenters. The van der Waals surface area contributed by atoms with Crippen molar-refractivity contribution in [3.05, 3.63) is 78.1 Å². The van der Waals surface area contributed by atoms with Crippen LogP contribution in [0.2, 0.25) is 0 Å². The number of primary amides is 1. The van der Waals surface area contributed by atoms with Gasteiger partial charge in [0, 0.05) is 23.6 Å². The van der Waals surface area contributed by atoms with Gasteiger partial charge in [0.25, 0.3) is 11.8 Å². The van der Waals surface area contributed by atoms with Crippen LogP contribution in [0.1, 0.15) is 22.8 Å². The number of hydrazone groups is 1. The lowest BCUT2D eigenvalue weighted by molar-refractivity contribution is -0.119. The SMILES string of the molecule is CCOc1cc(/C=N/NC(=O)c2ccc(-n3cccc3)cc2)ccc1OCC(N)=O. The number of hydrogen-bond acceptors (Lipinski definition) is 5. The minimum atomic E-state index is -0.577. The van der Waals surface area contributed by atoms with Crippen molar-refractivity contribution in [3.63, 3.8) is 0 Å². The molecule has 0 aliphatic rings. The highest BCUT2D eigenvalue weighted by atomic mass is 16.5. The van der Waals surface area contributed by atoms with Gasteiger partial charge in [0.15, 0.2) is 18.1 Å². The maximum atomic E-state index is 12.3. The van der Waals surface area contributed by atoms with Crippen LogP contribution in [-0.2, 0) is 4.79 Å². The molecule has 2 aromatic carbocycles. The normalized spacial score (nSPS) is 10.7. The van der Waals surface area contributed by atoms with E-state index in [1.165, 1.54) is 6.21 Å². The molecule has 0 bridgehead atoms. The molecule has 8 heteroatoms. The Hall–Kier alpha value is -4.07. The summed E-state index contributed by atoms with van der Waals surface area (Å²) in [6.07, 6.45) is 5.35. The lowest BCUT2D eigenvalue weighted by Gasteiger charge is -2.11. The molecule has 0 unspecified atom stereocenters. The van der Waals surface area contributed by atoms with E-state index in [-0.39, 0.29) is 12.5 Å². The molecule has 2 amide bonds. The maximum Gasteiger partial charge on any atom is 0.271 e. The molecule has 0 spiro atoms. The molecule has 8 nitrogen and oxygen atoms in total. The highest BCUT2D eigenvalue weighted by Gasteiger charge is 2.08. The lowest BCUT2D eigenvalue weighted by Crippen LogP contribution is -2.20. The van der Waals surface area contributed by atoms with Gasteiger partial charge >= 0.3 is 0 Å². The molecule has 1 aromatic heterocycles. The molecular formula is C22H22N4O4. The van der Waals surface area contributed by atoms with Gasteiger partial charge in [-0.2, -0.15) is 5.10 Å². The Bertz CT molecular complexity index is 1030. The minimum absolute atomic E-state index is 0.243. The molecule has 0 radical (unpaired) electrons. The van der Waals surface area contributed by atoms with Gasteiger partial charge in [-0.3, -0.25) is 9.59 Å². The van der Waals surface area contributed by atoms with Crippen molar-refractivity contribution in [2.24, 2.45) is 10.8 Å². The zero-order chi connectivity index (χ0) is 21.3. The van der Waals surface area contributed by atoms with Crippen molar-refractivity contribution < 1.29 is 19.1 Å². The van der Waals surface area contributed by atoms with E-state index in [0.29, 0.717) is 29.2 Å². The van der Waals surface area contributed by atoms with E-state index in [9.17, 15) is 9.59 Å². The summed E-state index contributed by atoms with van der Waals surface area (Å²) in [6, 6.07) is 16.1. The topological polar surface area (TPSA) is 108 Å². The summed E-state index contributed by atoms with van der Waals surface area (Å²) in [5.74, 6) is -0.0433. The van der Waals surface area contributed by atoms with E-state index in [1.54, 1.807) is 30.3 Å². The second-order valence-corrected chi connectivity index (χ2v) is 6.23. The lowest BCUT2D eigenvalue weighted by atomic mass is 10.2. The second kappa shape index (κ2) is 9.92. The summed E-state index contributed by atoms with van der Waals surface area (Å²) >= 11 is 0. The zero-order valence-electron chi connectivity index (χ0n) is 16.4. The van der Waals surface area contributed by atoms with Crippen LogP contribution in [0, 0.1) is 0 Å². The second-order valence-electron chi connectivity index (χ2n) is 6.23. The van der Waals surface area contributed by atoms with Gasteiger partial charge in [-0.05, 0) is 67.1 Å². The molecule has 0 saturated carbocycles. The average Bonchev–Trinajstić information content (AvgIpc) is 3.28. The van der Waals surface area contributed by atoms with Crippen LogP contribution in [0.25, 0.3) is 5.69 Å². The predicted octanol–water partition coefficient (Wildman–Crippen LogP) is 2.50. The molecule has 0 aliphatic carbocycles. The third kappa shape index (κ3) is 5.48. The Balaban J connectivity index is 1.63. The molecule has 0 fully saturated rings. The molecule has 3 rings (SSSR count). The van der Waals surface area contributed by atoms with E-state index in [0.717, 1.165) is 5.69 Å². The van der Waals surface area contributed by atoms with Crippen LogP contribution in [0.5, 0.6) is 11.5 Å². The number of nitrogens with zero attached hydrogens (tertiary/aromatic N) is 2. The molecule has 1 heterocycles. The average molecular weight is 406 g/mol. The quantitative estimate of drug-likeness (QED) is 0.420. The number of aromatic nitrogens is 1. The Morgan fingerprint density at radius 2 is 1.80 bits per heavy atom. The summed E-state index contributed by atoms with van der Waals surface area (Å²) < 4.78 is 12.8. The molecular weight excluding hydrogens is 384 g/mol. The molecule has 30 heavy (non-hydrogen) atoms. The molecule has 154 valence electrons. The van der Waals surface area contributed by atoms with Crippen molar-refractivity contribution >= 4 is 18.0 Å². The number of carbonyl (C=O) groups is 2. The summed E-state index contributed by atoms with van der Waals surface area (Å²) in [7, 11) is 0. The monoisotopic (exact) mass is 406 g/mol. The standard InChI is InChI=1S/C22H22N4O4/c1-2-29-20-13-16(5-10-19(20)30-15-21(23)27)14-24-25-22(28)17-6-8-18(9-7-17)26-11-3-4-12-26/h3-14H,2,15H2,1H3,(H2,23,27)(H,25,28)/b24-14+. The fourth-order valence-electron chi connectivity index (χ4n) is 2.66. The van der Waals surface area contributed by atoms with Gasteiger partial charge in [0.2, 0.25) is 0 Å². The Kier molecular flexibility index (Phi) is 6.83. The molecule has 3 aromatic rings. The van der Waals surface area contributed by atoms with E-state index in [4.69, 9.17) is 15.2 Å². The number of hydrogen-bond donors (Lipinski definition) is 2. The minimum Gasteiger partial charge on any atom is -0.490 e. The van der Waals surface area contributed by atoms with Gasteiger partial charge in [0.1, 0.15) is 0 Å². The summed E-state index contributed by atoms with van der Waals surface area (Å²) in [4.78, 5) is 23.2. The van der Waals surface area contributed by atoms with Crippen molar-refractivity contribution in [2.75, 3.05) is 13.2 Å². The number of amides is 2. The third-order valence-corrected chi connectivity index (χ3v) is 4.05. The molecule has 0 aliphatic heterocycles. The first-order valence-corrected chi connectivity index (χ1v) is 9.31. The first-order chi connectivity index (χ1) is 14.6. The molecule has 3 N–H and O–H groups in total. The van der Waals surface area contributed by atoms with E-state index >= 15 is 0 Å². The van der Waals surface area contributed by atoms with Crippen LogP contribution in [0.3, 0.4) is 0 Å². The highest BCUT2D eigenvalue weighted by molar-refractivity contribution is 5.95. The van der Waals surface area contributed by atoms with Crippen molar-refractivity contribution in [1.82, 2.24) is 9.99 Å². The van der Waals surface area contributed by atoms with Crippen molar-refractivity contribution in [3.8, 4) is 17.2 Å². The Labute approximate surface area is 173 Å². The van der Waals surface area contributed by atoms with Gasteiger partial charge in [0.05, 0.1) is 12.8 Å². The van der Waals surface area contributed by atoms with Crippen LogP contribution in [0.15, 0.2) is 72.1 Å². The number of rotatable bonds is 9. The first kappa shape index (κ1) is 20.7. The summed E-state index contributed by atoms with van der Waals surface area (Å²) in [6.45, 7) is 2.01. The van der Waals surface area contributed by atoms with Crippen LogP contribution in [-0.4, -0.2) is 35.8 Å². The predicted molar refractivity (Wildman–Crippen MR) is 113 cm³/mol. The van der Waals surface area contributed by atoms with Gasteiger partial charge in [-0.1, -0.05) is 0 Å². The number of nitrogens with two attached hydrogens (primary N) is 1. The fraction of sp³-hybridized carbons (Fsp3) is 0.136. The van der Waals surface area contributed by atoms with Crippen LogP contribution < -0.4 is 20.6 Å². The molecule has 0 saturated heterocycles. The Morgan fingerprint density at radius 1 is 1.07 bits per heavy atom. The number of ether oxygens (including phenoxy) is 2. The van der Waals surface area contributed by atoms with Crippen LogP contribution in [0.4, 0.5) is 0 Å². The van der Waals surface area contributed by atoms with Crippen molar-refractivity contribution in [1.29, 1.82) is 0 Å². The van der Waals surface area contributed by atoms with Crippen molar-refractivity contribution in [2.45, 2.75) is 6.92 Å². The van der Waals surface area contributed by atoms with Gasteiger partial charge in [-0.25, -0.2) is 5.43 Å². The van der Waals surface area contributed by atoms with Gasteiger partial charge < -0.3 is 19.8 Å². The first-order valence-electron chi connectivity index (χ1n) is 9.31. The largest absolute Gasteiger partial charge is 0.490 e. The van der Waals surface area contributed by atoms with E-state index in [1.807, 2.05) is 48.1 Å². The van der Waals surface area contributed by atoms with Gasteiger partial charge in [-0.15, -0.1) is 0 Å². The fourth-order valence-corrected chi connectivity index (χ4v) is 2.66. The zero-order valence-corrected chi connectivity index (χ0v) is 16.4. The number of carbonyl (C=O) groups excluding carboxylic acids is 2. The number of nitrogens with one attached hydrogen (secondary N) is 1. The van der Waals surface area contributed by atoms with Crippen LogP contribution >= 0.6 is 0 Å². The smallest absolute Gasteiger partial charge is 0.271 e. The summed E-state index contributed by atoms with van der Waals surface area (Å²) in [5.41, 5.74) is 9.74.